The molecule has 4 rings (SSSR count). The summed E-state index contributed by atoms with van der Waals surface area (Å²) in [5, 5.41) is 12.1. The highest BCUT2D eigenvalue weighted by Crippen LogP contribution is 2.32. The van der Waals surface area contributed by atoms with E-state index in [9.17, 15) is 4.79 Å². The lowest BCUT2D eigenvalue weighted by Crippen LogP contribution is -2.15. The van der Waals surface area contributed by atoms with Crippen LogP contribution < -0.4 is 11.1 Å². The third-order valence-electron chi connectivity index (χ3n) is 5.56. The zero-order valence-electron chi connectivity index (χ0n) is 16.6. The first-order valence-corrected chi connectivity index (χ1v) is 10.2. The molecule has 29 heavy (non-hydrogen) atoms. The van der Waals surface area contributed by atoms with Crippen molar-refractivity contribution in [2.24, 2.45) is 5.73 Å². The highest BCUT2D eigenvalue weighted by Gasteiger charge is 2.18. The van der Waals surface area contributed by atoms with Crippen LogP contribution in [0.1, 0.15) is 71.2 Å². The molecular weight excluding hydrogens is 364 g/mol. The summed E-state index contributed by atoms with van der Waals surface area (Å²) in [6.07, 6.45) is 6.69. The number of carbonyl (C=O) groups is 1. The Morgan fingerprint density at radius 3 is 2.59 bits per heavy atom. The minimum atomic E-state index is -0.467. The molecule has 0 aliphatic heterocycles. The van der Waals surface area contributed by atoms with Crippen LogP contribution in [0.5, 0.6) is 0 Å². The van der Waals surface area contributed by atoms with E-state index in [4.69, 9.17) is 10.2 Å². The van der Waals surface area contributed by atoms with Crippen LogP contribution in [0.25, 0.3) is 0 Å². The van der Waals surface area contributed by atoms with E-state index >= 15 is 0 Å². The van der Waals surface area contributed by atoms with E-state index < -0.39 is 5.91 Å². The predicted molar refractivity (Wildman–Crippen MR) is 112 cm³/mol. The number of benzene rings is 1. The molecule has 1 aromatic carbocycles. The average Bonchev–Trinajstić information content (AvgIpc) is 3.15. The summed E-state index contributed by atoms with van der Waals surface area (Å²) in [7, 11) is 0. The van der Waals surface area contributed by atoms with Crippen LogP contribution in [-0.4, -0.2) is 16.1 Å². The summed E-state index contributed by atoms with van der Waals surface area (Å²) >= 11 is 0. The Morgan fingerprint density at radius 2 is 1.93 bits per heavy atom. The number of aromatic nitrogens is 2. The van der Waals surface area contributed by atoms with Crippen LogP contribution in [0.15, 0.2) is 46.9 Å². The molecule has 1 fully saturated rings. The molecule has 0 atom stereocenters. The fourth-order valence-corrected chi connectivity index (χ4v) is 4.04. The standard InChI is InChI=1S/C23H26N4O2/c1-15-10-11-17(29-15)14-19-18(23(24)28)8-5-9-21(19)25-22-13-12-20(26-27-22)16-6-3-2-4-7-16/h5,8-13,16H,2-4,6-7,14H2,1H3,(H2,24,28)(H,25,27). The summed E-state index contributed by atoms with van der Waals surface area (Å²) in [6, 6.07) is 13.3. The largest absolute Gasteiger partial charge is 0.466 e. The molecule has 0 unspecified atom stereocenters. The number of amides is 1. The van der Waals surface area contributed by atoms with Crippen molar-refractivity contribution in [2.75, 3.05) is 5.32 Å². The first kappa shape index (κ1) is 19.2. The third-order valence-corrected chi connectivity index (χ3v) is 5.56. The van der Waals surface area contributed by atoms with E-state index in [1.165, 1.54) is 32.1 Å². The van der Waals surface area contributed by atoms with Gasteiger partial charge in [-0.15, -0.1) is 5.10 Å². The minimum absolute atomic E-state index is 0.461. The van der Waals surface area contributed by atoms with Crippen molar-refractivity contribution in [3.05, 3.63) is 70.8 Å². The molecule has 0 radical (unpaired) electrons. The van der Waals surface area contributed by atoms with Gasteiger partial charge in [0, 0.05) is 23.6 Å². The SMILES string of the molecule is Cc1ccc(Cc2c(Nc3ccc(C4CCCCC4)nn3)cccc2C(N)=O)o1. The number of aryl methyl sites for hydroxylation is 1. The molecular formula is C23H26N4O2. The summed E-state index contributed by atoms with van der Waals surface area (Å²) < 4.78 is 5.70. The first-order chi connectivity index (χ1) is 14.1. The number of furan rings is 1. The molecule has 3 aromatic rings. The maximum absolute atomic E-state index is 12.0. The van der Waals surface area contributed by atoms with E-state index in [1.807, 2.05) is 37.3 Å². The number of primary amides is 1. The van der Waals surface area contributed by atoms with Crippen molar-refractivity contribution < 1.29 is 9.21 Å². The van der Waals surface area contributed by atoms with Gasteiger partial charge in [-0.2, -0.15) is 5.10 Å². The van der Waals surface area contributed by atoms with Gasteiger partial charge in [-0.1, -0.05) is 25.3 Å². The van der Waals surface area contributed by atoms with Crippen molar-refractivity contribution in [1.29, 1.82) is 0 Å². The zero-order valence-corrected chi connectivity index (χ0v) is 16.6. The van der Waals surface area contributed by atoms with Crippen LogP contribution in [-0.2, 0) is 6.42 Å². The topological polar surface area (TPSA) is 94.0 Å². The van der Waals surface area contributed by atoms with Gasteiger partial charge in [0.1, 0.15) is 11.5 Å². The van der Waals surface area contributed by atoms with Gasteiger partial charge in [0.15, 0.2) is 5.82 Å². The van der Waals surface area contributed by atoms with Crippen molar-refractivity contribution in [3.8, 4) is 0 Å². The summed E-state index contributed by atoms with van der Waals surface area (Å²) in [5.74, 6) is 2.29. The molecule has 6 nitrogen and oxygen atoms in total. The van der Waals surface area contributed by atoms with E-state index in [0.717, 1.165) is 28.5 Å². The van der Waals surface area contributed by atoms with Gasteiger partial charge >= 0.3 is 0 Å². The van der Waals surface area contributed by atoms with Crippen molar-refractivity contribution in [2.45, 2.75) is 51.4 Å². The third kappa shape index (κ3) is 4.47. The van der Waals surface area contributed by atoms with Gasteiger partial charge in [-0.3, -0.25) is 4.79 Å². The van der Waals surface area contributed by atoms with E-state index in [0.29, 0.717) is 23.7 Å². The van der Waals surface area contributed by atoms with Gasteiger partial charge in [0.2, 0.25) is 5.91 Å². The number of anilines is 2. The Kier molecular flexibility index (Phi) is 5.60. The number of hydrogen-bond acceptors (Lipinski definition) is 5. The maximum Gasteiger partial charge on any atom is 0.249 e. The zero-order chi connectivity index (χ0) is 20.2. The van der Waals surface area contributed by atoms with Crippen LogP contribution in [0, 0.1) is 6.92 Å². The van der Waals surface area contributed by atoms with E-state index in [1.54, 1.807) is 6.07 Å². The van der Waals surface area contributed by atoms with Gasteiger partial charge in [-0.25, -0.2) is 0 Å². The van der Waals surface area contributed by atoms with Gasteiger partial charge < -0.3 is 15.5 Å². The predicted octanol–water partition coefficient (Wildman–Crippen LogP) is 4.86. The second-order valence-electron chi connectivity index (χ2n) is 7.69. The minimum Gasteiger partial charge on any atom is -0.466 e. The van der Waals surface area contributed by atoms with Crippen LogP contribution >= 0.6 is 0 Å². The number of nitrogens with one attached hydrogen (secondary N) is 1. The monoisotopic (exact) mass is 390 g/mol. The maximum atomic E-state index is 12.0. The molecule has 6 heteroatoms. The molecule has 1 aliphatic rings. The number of rotatable bonds is 6. The van der Waals surface area contributed by atoms with Crippen molar-refractivity contribution in [1.82, 2.24) is 10.2 Å². The van der Waals surface area contributed by atoms with E-state index in [2.05, 4.69) is 21.6 Å². The Morgan fingerprint density at radius 1 is 1.10 bits per heavy atom. The second-order valence-corrected chi connectivity index (χ2v) is 7.69. The molecule has 2 heterocycles. The normalized spacial score (nSPS) is 14.7. The van der Waals surface area contributed by atoms with Crippen LogP contribution in [0.4, 0.5) is 11.5 Å². The number of carbonyl (C=O) groups excluding carboxylic acids is 1. The van der Waals surface area contributed by atoms with Gasteiger partial charge in [-0.05, 0) is 61.7 Å². The molecule has 2 aromatic heterocycles. The van der Waals surface area contributed by atoms with Gasteiger partial charge in [0.05, 0.1) is 5.69 Å². The highest BCUT2D eigenvalue weighted by atomic mass is 16.3. The summed E-state index contributed by atoms with van der Waals surface area (Å²) in [4.78, 5) is 12.0. The Bertz CT molecular complexity index is 988. The number of hydrogen-bond donors (Lipinski definition) is 2. The fraction of sp³-hybridized carbons (Fsp3) is 0.348. The lowest BCUT2D eigenvalue weighted by Gasteiger charge is -2.20. The molecule has 1 amide bonds. The van der Waals surface area contributed by atoms with Crippen molar-refractivity contribution in [3.63, 3.8) is 0 Å². The average molecular weight is 390 g/mol. The molecule has 3 N–H and O–H groups in total. The molecule has 150 valence electrons. The molecule has 0 bridgehead atoms. The van der Waals surface area contributed by atoms with Crippen LogP contribution in [0.3, 0.4) is 0 Å². The highest BCUT2D eigenvalue weighted by molar-refractivity contribution is 5.96. The summed E-state index contributed by atoms with van der Waals surface area (Å²) in [6.45, 7) is 1.89. The Labute approximate surface area is 170 Å². The molecule has 1 aliphatic carbocycles. The van der Waals surface area contributed by atoms with E-state index in [-0.39, 0.29) is 0 Å². The quantitative estimate of drug-likeness (QED) is 0.627. The first-order valence-electron chi connectivity index (χ1n) is 10.2. The lowest BCUT2D eigenvalue weighted by atomic mass is 9.87. The Balaban J connectivity index is 1.59. The summed E-state index contributed by atoms with van der Waals surface area (Å²) in [5.41, 5.74) is 8.70. The fourth-order valence-electron chi connectivity index (χ4n) is 4.04. The van der Waals surface area contributed by atoms with Crippen LogP contribution in [0.2, 0.25) is 0 Å². The molecule has 1 saturated carbocycles. The second kappa shape index (κ2) is 8.47. The smallest absolute Gasteiger partial charge is 0.249 e. The number of nitrogens with two attached hydrogens (primary N) is 1. The molecule has 0 spiro atoms. The van der Waals surface area contributed by atoms with Gasteiger partial charge in [0.25, 0.3) is 0 Å². The lowest BCUT2D eigenvalue weighted by molar-refractivity contribution is 0.0999. The Hall–Kier alpha value is -3.15. The number of nitrogens with zero attached hydrogens (tertiary/aromatic N) is 2. The van der Waals surface area contributed by atoms with Crippen molar-refractivity contribution >= 4 is 17.4 Å². The molecule has 0 saturated heterocycles.